The molecule has 3 fully saturated rings. The van der Waals surface area contributed by atoms with Crippen molar-refractivity contribution in [3.05, 3.63) is 71.8 Å². The molecule has 1 heterocycles. The van der Waals surface area contributed by atoms with Gasteiger partial charge < -0.3 is 10.2 Å². The van der Waals surface area contributed by atoms with Crippen molar-refractivity contribution in [2.75, 3.05) is 39.3 Å². The van der Waals surface area contributed by atoms with Crippen molar-refractivity contribution >= 4 is 11.8 Å². The number of amides is 2. The van der Waals surface area contributed by atoms with Crippen LogP contribution in [0.25, 0.3) is 0 Å². The second kappa shape index (κ2) is 8.83. The quantitative estimate of drug-likeness (QED) is 0.754. The van der Waals surface area contributed by atoms with Gasteiger partial charge in [-0.25, -0.2) is 0 Å². The Balaban J connectivity index is 0.998. The Morgan fingerprint density at radius 1 is 0.774 bits per heavy atom. The van der Waals surface area contributed by atoms with E-state index in [2.05, 4.69) is 46.6 Å². The van der Waals surface area contributed by atoms with Gasteiger partial charge in [-0.15, -0.1) is 0 Å². The number of nitrogens with zero attached hydrogens (tertiary/aromatic N) is 2. The van der Waals surface area contributed by atoms with Crippen LogP contribution in [0.5, 0.6) is 0 Å². The Hall–Kier alpha value is -2.66. The largest absolute Gasteiger partial charge is 0.355 e. The summed E-state index contributed by atoms with van der Waals surface area (Å²) >= 11 is 0. The summed E-state index contributed by atoms with van der Waals surface area (Å²) in [6.45, 7) is 4.91. The lowest BCUT2D eigenvalue weighted by molar-refractivity contribution is -0.134. The lowest BCUT2D eigenvalue weighted by Gasteiger charge is -2.35. The van der Waals surface area contributed by atoms with Crippen molar-refractivity contribution in [1.29, 1.82) is 0 Å². The summed E-state index contributed by atoms with van der Waals surface area (Å²) in [4.78, 5) is 29.6. The molecule has 2 saturated carbocycles. The van der Waals surface area contributed by atoms with Gasteiger partial charge in [-0.3, -0.25) is 14.5 Å². The average molecular weight is 418 g/mol. The van der Waals surface area contributed by atoms with E-state index in [-0.39, 0.29) is 17.7 Å². The Morgan fingerprint density at radius 2 is 1.32 bits per heavy atom. The molecule has 0 aromatic heterocycles. The molecule has 0 spiro atoms. The Labute approximate surface area is 184 Å². The maximum Gasteiger partial charge on any atom is 0.226 e. The van der Waals surface area contributed by atoms with Crippen molar-refractivity contribution in [3.63, 3.8) is 0 Å². The van der Waals surface area contributed by atoms with Crippen molar-refractivity contribution in [1.82, 2.24) is 15.1 Å². The Bertz CT molecular complexity index is 906. The lowest BCUT2D eigenvalue weighted by atomic mass is 10.1. The van der Waals surface area contributed by atoms with Crippen molar-refractivity contribution in [3.8, 4) is 0 Å². The third-order valence-electron chi connectivity index (χ3n) is 7.10. The molecule has 0 unspecified atom stereocenters. The van der Waals surface area contributed by atoms with E-state index >= 15 is 0 Å². The van der Waals surface area contributed by atoms with Crippen LogP contribution in [0.1, 0.15) is 35.8 Å². The fourth-order valence-corrected chi connectivity index (χ4v) is 4.98. The summed E-state index contributed by atoms with van der Waals surface area (Å²) in [7, 11) is 0. The number of nitrogens with one attached hydrogen (secondary N) is 1. The molecule has 0 bridgehead atoms. The lowest BCUT2D eigenvalue weighted by Crippen LogP contribution is -2.50. The van der Waals surface area contributed by atoms with E-state index < -0.39 is 0 Å². The van der Waals surface area contributed by atoms with Crippen LogP contribution in [0.4, 0.5) is 0 Å². The van der Waals surface area contributed by atoms with Gasteiger partial charge in [0.1, 0.15) is 0 Å². The second-order valence-corrected chi connectivity index (χ2v) is 9.18. The zero-order valence-electron chi connectivity index (χ0n) is 18.0. The minimum atomic E-state index is 0.132. The van der Waals surface area contributed by atoms with Crippen LogP contribution in [-0.2, 0) is 9.59 Å². The molecule has 1 N–H and O–H groups in total. The Kier molecular flexibility index (Phi) is 5.77. The standard InChI is InChI=1S/C26H31N3O2/c30-25(23-17-21(23)19-7-3-1-4-8-19)27-11-12-28-13-15-29(16-14-28)26(31)24-18-22(24)20-9-5-2-6-10-20/h1-10,21-24H,11-18H2,(H,27,30)/t21-,22+,23-,24+/m0/s1. The smallest absolute Gasteiger partial charge is 0.226 e. The highest BCUT2D eigenvalue weighted by molar-refractivity contribution is 5.83. The van der Waals surface area contributed by atoms with E-state index in [0.29, 0.717) is 24.3 Å². The number of hydrogen-bond acceptors (Lipinski definition) is 3. The molecule has 162 valence electrons. The molecule has 5 nitrogen and oxygen atoms in total. The minimum Gasteiger partial charge on any atom is -0.355 e. The molecule has 2 aromatic rings. The molecule has 2 aromatic carbocycles. The summed E-state index contributed by atoms with van der Waals surface area (Å²) in [5, 5.41) is 3.12. The molecule has 1 aliphatic heterocycles. The SMILES string of the molecule is O=C(NCCN1CCN(C(=O)[C@@H]2C[C@@H]2c2ccccc2)CC1)[C@H]1C[C@H]1c1ccccc1. The summed E-state index contributed by atoms with van der Waals surface area (Å²) in [6.07, 6.45) is 1.95. The first-order valence-electron chi connectivity index (χ1n) is 11.6. The molecule has 3 aliphatic rings. The molecule has 5 rings (SSSR count). The van der Waals surface area contributed by atoms with E-state index in [4.69, 9.17) is 0 Å². The molecule has 0 radical (unpaired) electrons. The van der Waals surface area contributed by atoms with Gasteiger partial charge in [0, 0.05) is 51.1 Å². The van der Waals surface area contributed by atoms with E-state index in [0.717, 1.165) is 45.6 Å². The highest BCUT2D eigenvalue weighted by atomic mass is 16.2. The van der Waals surface area contributed by atoms with Crippen LogP contribution >= 0.6 is 0 Å². The fourth-order valence-electron chi connectivity index (χ4n) is 4.98. The fraction of sp³-hybridized carbons (Fsp3) is 0.462. The number of piperazine rings is 1. The maximum atomic E-state index is 12.8. The zero-order chi connectivity index (χ0) is 21.2. The van der Waals surface area contributed by atoms with Crippen molar-refractivity contribution in [2.24, 2.45) is 11.8 Å². The summed E-state index contributed by atoms with van der Waals surface area (Å²) in [5.41, 5.74) is 2.56. The third-order valence-corrected chi connectivity index (χ3v) is 7.10. The van der Waals surface area contributed by atoms with Crippen LogP contribution in [0, 0.1) is 11.8 Å². The van der Waals surface area contributed by atoms with Gasteiger partial charge in [0.2, 0.25) is 11.8 Å². The molecule has 2 aliphatic carbocycles. The number of carbonyl (C=O) groups excluding carboxylic acids is 2. The monoisotopic (exact) mass is 417 g/mol. The number of hydrogen-bond donors (Lipinski definition) is 1. The van der Waals surface area contributed by atoms with Gasteiger partial charge in [0.15, 0.2) is 0 Å². The molecule has 5 heteroatoms. The molecule has 4 atom stereocenters. The normalized spacial score (nSPS) is 27.5. The Morgan fingerprint density at radius 3 is 1.94 bits per heavy atom. The summed E-state index contributed by atoms with van der Waals surface area (Å²) in [6, 6.07) is 20.7. The minimum absolute atomic E-state index is 0.132. The van der Waals surface area contributed by atoms with E-state index in [1.807, 2.05) is 29.2 Å². The summed E-state index contributed by atoms with van der Waals surface area (Å²) in [5.74, 6) is 1.60. The van der Waals surface area contributed by atoms with Crippen LogP contribution in [0.15, 0.2) is 60.7 Å². The van der Waals surface area contributed by atoms with Crippen LogP contribution in [0.3, 0.4) is 0 Å². The first-order chi connectivity index (χ1) is 15.2. The zero-order valence-corrected chi connectivity index (χ0v) is 18.0. The topological polar surface area (TPSA) is 52.7 Å². The van der Waals surface area contributed by atoms with Gasteiger partial charge in [-0.2, -0.15) is 0 Å². The molecule has 31 heavy (non-hydrogen) atoms. The predicted octanol–water partition coefficient (Wildman–Crippen LogP) is 2.85. The van der Waals surface area contributed by atoms with E-state index in [1.165, 1.54) is 11.1 Å². The molecule has 2 amide bonds. The van der Waals surface area contributed by atoms with E-state index in [9.17, 15) is 9.59 Å². The average Bonchev–Trinajstić information content (AvgIpc) is 3.74. The van der Waals surface area contributed by atoms with Gasteiger partial charge in [0.05, 0.1) is 0 Å². The highest BCUT2D eigenvalue weighted by Gasteiger charge is 2.46. The van der Waals surface area contributed by atoms with Crippen molar-refractivity contribution < 1.29 is 9.59 Å². The van der Waals surface area contributed by atoms with Gasteiger partial charge >= 0.3 is 0 Å². The summed E-state index contributed by atoms with van der Waals surface area (Å²) < 4.78 is 0. The first-order valence-corrected chi connectivity index (χ1v) is 11.6. The van der Waals surface area contributed by atoms with Crippen LogP contribution in [0.2, 0.25) is 0 Å². The maximum absolute atomic E-state index is 12.8. The molecular formula is C26H31N3O2. The van der Waals surface area contributed by atoms with Crippen LogP contribution in [-0.4, -0.2) is 60.9 Å². The van der Waals surface area contributed by atoms with Crippen LogP contribution < -0.4 is 5.32 Å². The van der Waals surface area contributed by atoms with Crippen molar-refractivity contribution in [2.45, 2.75) is 24.7 Å². The van der Waals surface area contributed by atoms with E-state index in [1.54, 1.807) is 0 Å². The van der Waals surface area contributed by atoms with Gasteiger partial charge in [-0.1, -0.05) is 60.7 Å². The number of carbonyl (C=O) groups is 2. The molecular weight excluding hydrogens is 386 g/mol. The first kappa shape index (κ1) is 20.3. The highest BCUT2D eigenvalue weighted by Crippen LogP contribution is 2.48. The molecule has 1 saturated heterocycles. The third kappa shape index (κ3) is 4.67. The number of benzene rings is 2. The number of rotatable bonds is 7. The second-order valence-electron chi connectivity index (χ2n) is 9.18. The van der Waals surface area contributed by atoms with Gasteiger partial charge in [0.25, 0.3) is 0 Å². The predicted molar refractivity (Wildman–Crippen MR) is 121 cm³/mol. The van der Waals surface area contributed by atoms with Gasteiger partial charge in [-0.05, 0) is 35.8 Å².